The van der Waals surface area contributed by atoms with Crippen molar-refractivity contribution in [2.45, 2.75) is 19.9 Å². The number of carbonyl (C=O) groups excluding carboxylic acids is 1. The Morgan fingerprint density at radius 1 is 1.26 bits per heavy atom. The Bertz CT molecular complexity index is 1220. The molecule has 0 radical (unpaired) electrons. The van der Waals surface area contributed by atoms with Crippen LogP contribution < -0.4 is 10.1 Å². The molecule has 7 nitrogen and oxygen atoms in total. The third-order valence-corrected chi connectivity index (χ3v) is 7.25. The number of rotatable bonds is 8. The summed E-state index contributed by atoms with van der Waals surface area (Å²) in [7, 11) is 1.64. The van der Waals surface area contributed by atoms with E-state index in [9.17, 15) is 10.1 Å². The number of amides is 1. The highest BCUT2D eigenvalue weighted by atomic mass is 32.1. The molecule has 0 bridgehead atoms. The van der Waals surface area contributed by atoms with Crippen molar-refractivity contribution in [1.29, 1.82) is 5.26 Å². The molecule has 0 aliphatic carbocycles. The number of ether oxygens (including phenoxy) is 2. The molecule has 1 unspecified atom stereocenters. The number of hydrogen-bond acceptors (Lipinski definition) is 6. The summed E-state index contributed by atoms with van der Waals surface area (Å²) in [5.74, 6) is 0.425. The molecule has 1 fully saturated rings. The number of carbonyl (C=O) groups is 1. The van der Waals surface area contributed by atoms with Crippen molar-refractivity contribution < 1.29 is 14.3 Å². The number of hydrogen-bond donors (Lipinski definition) is 1. The lowest BCUT2D eigenvalue weighted by Crippen LogP contribution is -2.43. The van der Waals surface area contributed by atoms with E-state index in [1.807, 2.05) is 55.6 Å². The van der Waals surface area contributed by atoms with Crippen molar-refractivity contribution in [3.63, 3.8) is 0 Å². The Kier molecular flexibility index (Phi) is 8.03. The van der Waals surface area contributed by atoms with E-state index in [-0.39, 0.29) is 17.5 Å². The second-order valence-corrected chi connectivity index (χ2v) is 9.40. The molecule has 0 spiro atoms. The van der Waals surface area contributed by atoms with Gasteiger partial charge in [0.15, 0.2) is 0 Å². The summed E-state index contributed by atoms with van der Waals surface area (Å²) in [4.78, 5) is 16.5. The smallest absolute Gasteiger partial charge is 0.262 e. The van der Waals surface area contributed by atoms with Gasteiger partial charge in [0.1, 0.15) is 17.4 Å². The van der Waals surface area contributed by atoms with Gasteiger partial charge in [-0.1, -0.05) is 6.07 Å². The number of aryl methyl sites for hydroxylation is 1. The van der Waals surface area contributed by atoms with Crippen LogP contribution in [0.15, 0.2) is 53.4 Å². The Morgan fingerprint density at radius 2 is 2.00 bits per heavy atom. The lowest BCUT2D eigenvalue weighted by Gasteiger charge is -2.34. The topological polar surface area (TPSA) is 79.5 Å². The maximum absolute atomic E-state index is 13.0. The van der Waals surface area contributed by atoms with E-state index < -0.39 is 0 Å². The molecule has 182 valence electrons. The molecule has 1 N–H and O–H groups in total. The lowest BCUT2D eigenvalue weighted by atomic mass is 10.1. The van der Waals surface area contributed by atoms with E-state index >= 15 is 0 Å². The molecule has 1 amide bonds. The quantitative estimate of drug-likeness (QED) is 0.377. The van der Waals surface area contributed by atoms with Gasteiger partial charge in [-0.15, -0.1) is 11.3 Å². The van der Waals surface area contributed by atoms with Crippen molar-refractivity contribution in [2.24, 2.45) is 0 Å². The average Bonchev–Trinajstić information content (AvgIpc) is 3.51. The zero-order valence-electron chi connectivity index (χ0n) is 20.3. The van der Waals surface area contributed by atoms with Crippen LogP contribution in [0.1, 0.15) is 27.9 Å². The lowest BCUT2D eigenvalue weighted by molar-refractivity contribution is -0.117. The minimum absolute atomic E-state index is 0.0583. The van der Waals surface area contributed by atoms with Gasteiger partial charge in [-0.2, -0.15) is 5.26 Å². The van der Waals surface area contributed by atoms with Crippen molar-refractivity contribution in [1.82, 2.24) is 14.8 Å². The van der Waals surface area contributed by atoms with Crippen molar-refractivity contribution in [2.75, 3.05) is 40.0 Å². The number of morpholine rings is 1. The van der Waals surface area contributed by atoms with Gasteiger partial charge in [0, 0.05) is 41.6 Å². The van der Waals surface area contributed by atoms with Gasteiger partial charge in [0.05, 0.1) is 26.4 Å². The van der Waals surface area contributed by atoms with E-state index in [2.05, 4.69) is 26.9 Å². The SMILES string of the molecule is COc1ccc(-n2c(C)cc(C=C(C#N)C(=O)NCC(c3cccs3)N3CCOCC3)c2C)cc1. The number of thiophene rings is 1. The fourth-order valence-electron chi connectivity index (χ4n) is 4.43. The minimum atomic E-state index is -0.364. The highest BCUT2D eigenvalue weighted by Gasteiger charge is 2.24. The Balaban J connectivity index is 1.52. The van der Waals surface area contributed by atoms with Gasteiger partial charge < -0.3 is 19.4 Å². The van der Waals surface area contributed by atoms with Crippen LogP contribution in [0.25, 0.3) is 11.8 Å². The van der Waals surface area contributed by atoms with Crippen molar-refractivity contribution in [3.8, 4) is 17.5 Å². The number of aromatic nitrogens is 1. The Labute approximate surface area is 210 Å². The number of nitriles is 1. The first-order valence-corrected chi connectivity index (χ1v) is 12.5. The molecule has 8 heteroatoms. The predicted octanol–water partition coefficient (Wildman–Crippen LogP) is 4.26. The van der Waals surface area contributed by atoms with Crippen LogP contribution in [0.3, 0.4) is 0 Å². The van der Waals surface area contributed by atoms with Gasteiger partial charge >= 0.3 is 0 Å². The molecule has 1 atom stereocenters. The zero-order chi connectivity index (χ0) is 24.8. The van der Waals surface area contributed by atoms with Gasteiger partial charge in [-0.3, -0.25) is 9.69 Å². The average molecular weight is 491 g/mol. The molecule has 3 aromatic rings. The predicted molar refractivity (Wildman–Crippen MR) is 138 cm³/mol. The third kappa shape index (κ3) is 5.65. The Hall–Kier alpha value is -3.38. The Morgan fingerprint density at radius 3 is 2.63 bits per heavy atom. The summed E-state index contributed by atoms with van der Waals surface area (Å²) >= 11 is 1.68. The van der Waals surface area contributed by atoms with E-state index in [0.717, 1.165) is 41.5 Å². The van der Waals surface area contributed by atoms with Gasteiger partial charge in [-0.25, -0.2) is 0 Å². The van der Waals surface area contributed by atoms with Crippen LogP contribution in [0.4, 0.5) is 0 Å². The molecule has 1 aromatic carbocycles. The van der Waals surface area contributed by atoms with Crippen LogP contribution >= 0.6 is 11.3 Å². The molecule has 1 saturated heterocycles. The van der Waals surface area contributed by atoms with E-state index in [1.165, 1.54) is 4.88 Å². The number of methoxy groups -OCH3 is 1. The van der Waals surface area contributed by atoms with Crippen LogP contribution in [0.2, 0.25) is 0 Å². The zero-order valence-corrected chi connectivity index (χ0v) is 21.1. The molecule has 4 rings (SSSR count). The first-order chi connectivity index (χ1) is 17.0. The normalized spacial score (nSPS) is 15.4. The maximum Gasteiger partial charge on any atom is 0.262 e. The molecule has 0 saturated carbocycles. The summed E-state index contributed by atoms with van der Waals surface area (Å²) < 4.78 is 12.9. The van der Waals surface area contributed by atoms with E-state index in [0.29, 0.717) is 19.8 Å². The fourth-order valence-corrected chi connectivity index (χ4v) is 5.29. The first kappa shape index (κ1) is 24.7. The number of nitrogens with one attached hydrogen (secondary N) is 1. The third-order valence-electron chi connectivity index (χ3n) is 6.28. The number of nitrogens with zero attached hydrogens (tertiary/aromatic N) is 3. The van der Waals surface area contributed by atoms with Crippen LogP contribution in [0, 0.1) is 25.2 Å². The van der Waals surface area contributed by atoms with Crippen LogP contribution in [-0.4, -0.2) is 55.3 Å². The molecule has 2 aromatic heterocycles. The minimum Gasteiger partial charge on any atom is -0.497 e. The maximum atomic E-state index is 13.0. The van der Waals surface area contributed by atoms with Crippen molar-refractivity contribution in [3.05, 3.63) is 75.2 Å². The summed E-state index contributed by atoms with van der Waals surface area (Å²) in [6.45, 7) is 7.43. The largest absolute Gasteiger partial charge is 0.497 e. The summed E-state index contributed by atoms with van der Waals surface area (Å²) in [6, 6.07) is 16.1. The van der Waals surface area contributed by atoms with E-state index in [4.69, 9.17) is 9.47 Å². The second kappa shape index (κ2) is 11.4. The fraction of sp³-hybridized carbons (Fsp3) is 0.333. The van der Waals surface area contributed by atoms with Crippen LogP contribution in [-0.2, 0) is 9.53 Å². The molecule has 1 aliphatic heterocycles. The highest BCUT2D eigenvalue weighted by Crippen LogP contribution is 2.26. The molecule has 1 aliphatic rings. The van der Waals surface area contributed by atoms with Crippen molar-refractivity contribution >= 4 is 23.3 Å². The van der Waals surface area contributed by atoms with Gasteiger partial charge in [0.2, 0.25) is 0 Å². The molecular weight excluding hydrogens is 460 g/mol. The van der Waals surface area contributed by atoms with E-state index in [1.54, 1.807) is 24.5 Å². The van der Waals surface area contributed by atoms with Crippen LogP contribution in [0.5, 0.6) is 5.75 Å². The molecule has 35 heavy (non-hydrogen) atoms. The molecular formula is C27H30N4O3S. The standard InChI is InChI=1S/C27H30N4O3S/c1-19-15-21(20(2)31(19)23-6-8-24(33-3)9-7-23)16-22(17-28)27(32)29-18-25(26-5-4-14-35-26)30-10-12-34-13-11-30/h4-9,14-16,25H,10-13,18H2,1-3H3,(H,29,32). The monoisotopic (exact) mass is 490 g/mol. The summed E-state index contributed by atoms with van der Waals surface area (Å²) in [5, 5.41) is 14.8. The van der Waals surface area contributed by atoms with Gasteiger partial charge in [-0.05, 0) is 67.3 Å². The molecule has 3 heterocycles. The second-order valence-electron chi connectivity index (χ2n) is 8.42. The van der Waals surface area contributed by atoms with Gasteiger partial charge in [0.25, 0.3) is 5.91 Å². The summed E-state index contributed by atoms with van der Waals surface area (Å²) in [5.41, 5.74) is 3.90. The highest BCUT2D eigenvalue weighted by molar-refractivity contribution is 7.10. The summed E-state index contributed by atoms with van der Waals surface area (Å²) in [6.07, 6.45) is 1.67. The number of benzene rings is 1. The first-order valence-electron chi connectivity index (χ1n) is 11.6.